The topological polar surface area (TPSA) is 27.7 Å². The maximum absolute atomic E-state index is 5.75. The lowest BCUT2D eigenvalue weighted by molar-refractivity contribution is -0.152. The van der Waals surface area contributed by atoms with Gasteiger partial charge in [0, 0.05) is 7.11 Å². The van der Waals surface area contributed by atoms with Crippen LogP contribution in [-0.4, -0.2) is 19.0 Å². The molecule has 0 spiro atoms. The number of ether oxygens (including phenoxy) is 3. The van der Waals surface area contributed by atoms with E-state index in [1.165, 1.54) is 0 Å². The summed E-state index contributed by atoms with van der Waals surface area (Å²) in [5.74, 6) is -0.559. The van der Waals surface area contributed by atoms with E-state index < -0.39 is 5.79 Å². The van der Waals surface area contributed by atoms with E-state index in [1.807, 2.05) is 44.2 Å². The molecule has 0 unspecified atom stereocenters. The Morgan fingerprint density at radius 2 is 1.94 bits per heavy atom. The molecule has 1 heterocycles. The molecule has 1 aliphatic heterocycles. The molecule has 1 aromatic rings. The highest BCUT2D eigenvalue weighted by molar-refractivity contribution is 5.19. The van der Waals surface area contributed by atoms with Crippen LogP contribution in [0.25, 0.3) is 0 Å². The number of methoxy groups -OCH3 is 1. The van der Waals surface area contributed by atoms with Gasteiger partial charge in [-0.15, -0.1) is 0 Å². The molecule has 3 nitrogen and oxygen atoms in total. The van der Waals surface area contributed by atoms with Crippen LogP contribution in [0.3, 0.4) is 0 Å². The van der Waals surface area contributed by atoms with E-state index in [-0.39, 0.29) is 12.2 Å². The Balaban J connectivity index is 2.13. The molecule has 3 heteroatoms. The highest BCUT2D eigenvalue weighted by atomic mass is 16.7. The van der Waals surface area contributed by atoms with Gasteiger partial charge in [0.25, 0.3) is 0 Å². The molecule has 1 saturated heterocycles. The standard InChI is InChI=1S/C13H17O3/c1-13(2)15-9-11(16-13)12(14-3)10-7-5-4-6-8-10/h4-9,11-12H,1-3H3/t11-,12+/m1/s1. The third-order valence-electron chi connectivity index (χ3n) is 2.59. The Bertz CT molecular complexity index is 334. The van der Waals surface area contributed by atoms with Gasteiger partial charge in [-0.25, -0.2) is 0 Å². The maximum Gasteiger partial charge on any atom is 0.164 e. The largest absolute Gasteiger partial charge is 0.374 e. The van der Waals surface area contributed by atoms with E-state index in [0.717, 1.165) is 5.56 Å². The second-order valence-corrected chi connectivity index (χ2v) is 4.30. The van der Waals surface area contributed by atoms with Crippen LogP contribution >= 0.6 is 0 Å². The van der Waals surface area contributed by atoms with Crippen LogP contribution in [0.4, 0.5) is 0 Å². The fourth-order valence-electron chi connectivity index (χ4n) is 1.85. The van der Waals surface area contributed by atoms with Gasteiger partial charge in [0.1, 0.15) is 18.8 Å². The molecule has 1 radical (unpaired) electrons. The summed E-state index contributed by atoms with van der Waals surface area (Å²) in [4.78, 5) is 0. The molecule has 2 atom stereocenters. The van der Waals surface area contributed by atoms with Crippen molar-refractivity contribution in [2.45, 2.75) is 31.8 Å². The second-order valence-electron chi connectivity index (χ2n) is 4.30. The van der Waals surface area contributed by atoms with Gasteiger partial charge in [-0.05, 0) is 19.4 Å². The molecule has 0 N–H and O–H groups in total. The molecule has 1 aromatic carbocycles. The summed E-state index contributed by atoms with van der Waals surface area (Å²) in [7, 11) is 1.68. The Hall–Kier alpha value is -0.900. The van der Waals surface area contributed by atoms with Gasteiger partial charge >= 0.3 is 0 Å². The summed E-state index contributed by atoms with van der Waals surface area (Å²) < 4.78 is 16.7. The van der Waals surface area contributed by atoms with Crippen molar-refractivity contribution in [2.24, 2.45) is 0 Å². The molecule has 0 amide bonds. The minimum Gasteiger partial charge on any atom is -0.374 e. The Kier molecular flexibility index (Phi) is 3.28. The number of benzene rings is 1. The molecule has 0 bridgehead atoms. The highest BCUT2D eigenvalue weighted by Gasteiger charge is 2.38. The van der Waals surface area contributed by atoms with E-state index in [0.29, 0.717) is 0 Å². The smallest absolute Gasteiger partial charge is 0.164 e. The van der Waals surface area contributed by atoms with Crippen molar-refractivity contribution in [3.63, 3.8) is 0 Å². The van der Waals surface area contributed by atoms with E-state index >= 15 is 0 Å². The van der Waals surface area contributed by atoms with Gasteiger partial charge in [0.2, 0.25) is 0 Å². The number of hydrogen-bond acceptors (Lipinski definition) is 3. The molecule has 0 aliphatic carbocycles. The van der Waals surface area contributed by atoms with Crippen LogP contribution < -0.4 is 0 Å². The van der Waals surface area contributed by atoms with Crippen LogP contribution in [0.5, 0.6) is 0 Å². The third kappa shape index (κ3) is 2.43. The Morgan fingerprint density at radius 1 is 1.25 bits per heavy atom. The molecule has 0 aromatic heterocycles. The first-order chi connectivity index (χ1) is 7.62. The number of hydrogen-bond donors (Lipinski definition) is 0. The Morgan fingerprint density at radius 3 is 2.44 bits per heavy atom. The zero-order chi connectivity index (χ0) is 11.6. The van der Waals surface area contributed by atoms with Crippen LogP contribution in [0.1, 0.15) is 25.5 Å². The van der Waals surface area contributed by atoms with Crippen molar-refractivity contribution >= 4 is 0 Å². The zero-order valence-corrected chi connectivity index (χ0v) is 9.84. The average Bonchev–Trinajstić information content (AvgIpc) is 2.62. The van der Waals surface area contributed by atoms with Gasteiger partial charge in [-0.1, -0.05) is 30.3 Å². The average molecular weight is 221 g/mol. The lowest BCUT2D eigenvalue weighted by Gasteiger charge is -2.23. The van der Waals surface area contributed by atoms with Crippen molar-refractivity contribution in [3.05, 3.63) is 42.5 Å². The molecule has 1 aliphatic rings. The molecular weight excluding hydrogens is 204 g/mol. The fourth-order valence-corrected chi connectivity index (χ4v) is 1.85. The Labute approximate surface area is 96.3 Å². The van der Waals surface area contributed by atoms with Gasteiger partial charge in [-0.3, -0.25) is 0 Å². The first-order valence-electron chi connectivity index (χ1n) is 5.39. The predicted octanol–water partition coefficient (Wildman–Crippen LogP) is 2.69. The molecule has 16 heavy (non-hydrogen) atoms. The lowest BCUT2D eigenvalue weighted by atomic mass is 10.1. The van der Waals surface area contributed by atoms with Crippen LogP contribution in [0.15, 0.2) is 30.3 Å². The van der Waals surface area contributed by atoms with E-state index in [2.05, 4.69) is 0 Å². The highest BCUT2D eigenvalue weighted by Crippen LogP contribution is 2.34. The van der Waals surface area contributed by atoms with Crippen LogP contribution in [-0.2, 0) is 14.2 Å². The number of rotatable bonds is 3. The second kappa shape index (κ2) is 4.53. The van der Waals surface area contributed by atoms with E-state index in [4.69, 9.17) is 14.2 Å². The van der Waals surface area contributed by atoms with Crippen LogP contribution in [0, 0.1) is 6.61 Å². The zero-order valence-electron chi connectivity index (χ0n) is 9.84. The normalized spacial score (nSPS) is 25.6. The molecular formula is C13H17O3. The molecule has 87 valence electrons. The van der Waals surface area contributed by atoms with Crippen molar-refractivity contribution in [1.29, 1.82) is 0 Å². The van der Waals surface area contributed by atoms with Gasteiger partial charge in [0.05, 0.1) is 0 Å². The quantitative estimate of drug-likeness (QED) is 0.785. The van der Waals surface area contributed by atoms with Crippen molar-refractivity contribution in [3.8, 4) is 0 Å². The summed E-state index contributed by atoms with van der Waals surface area (Å²) >= 11 is 0. The third-order valence-corrected chi connectivity index (χ3v) is 2.59. The summed E-state index contributed by atoms with van der Waals surface area (Å²) in [6.07, 6.45) is -0.287. The van der Waals surface area contributed by atoms with Crippen LogP contribution in [0.2, 0.25) is 0 Å². The first-order valence-corrected chi connectivity index (χ1v) is 5.39. The summed E-state index contributed by atoms with van der Waals surface area (Å²) in [6.45, 7) is 5.49. The predicted molar refractivity (Wildman–Crippen MR) is 60.5 cm³/mol. The monoisotopic (exact) mass is 221 g/mol. The van der Waals surface area contributed by atoms with Gasteiger partial charge in [-0.2, -0.15) is 0 Å². The van der Waals surface area contributed by atoms with Crippen molar-refractivity contribution in [2.75, 3.05) is 7.11 Å². The minimum absolute atomic E-state index is 0.122. The van der Waals surface area contributed by atoms with E-state index in [9.17, 15) is 0 Å². The fraction of sp³-hybridized carbons (Fsp3) is 0.462. The lowest BCUT2D eigenvalue weighted by Crippen LogP contribution is -2.25. The minimum atomic E-state index is -0.559. The summed E-state index contributed by atoms with van der Waals surface area (Å²) in [5, 5.41) is 0. The molecule has 2 rings (SSSR count). The maximum atomic E-state index is 5.75. The van der Waals surface area contributed by atoms with Crippen molar-refractivity contribution in [1.82, 2.24) is 0 Å². The summed E-state index contributed by atoms with van der Waals surface area (Å²) in [6, 6.07) is 10.0. The molecule has 0 saturated carbocycles. The van der Waals surface area contributed by atoms with Gasteiger partial charge < -0.3 is 14.2 Å². The first kappa shape index (κ1) is 11.6. The van der Waals surface area contributed by atoms with Crippen molar-refractivity contribution < 1.29 is 14.2 Å². The van der Waals surface area contributed by atoms with E-state index in [1.54, 1.807) is 13.7 Å². The molecule has 1 fully saturated rings. The SMILES string of the molecule is CO[C@@H](c1ccccc1)[C@H]1[CH]OC(C)(C)O1. The van der Waals surface area contributed by atoms with Gasteiger partial charge in [0.15, 0.2) is 5.79 Å². The summed E-state index contributed by atoms with van der Waals surface area (Å²) in [5.41, 5.74) is 1.09.